The van der Waals surface area contributed by atoms with E-state index in [1.54, 1.807) is 11.8 Å². The Morgan fingerprint density at radius 2 is 1.89 bits per heavy atom. The monoisotopic (exact) mass is 395 g/mol. The average molecular weight is 395 g/mol. The van der Waals surface area contributed by atoms with Crippen LogP contribution in [0, 0.1) is 17.2 Å². The maximum Gasteiger partial charge on any atom is 0.258 e. The molecule has 0 radical (unpaired) electrons. The number of thioether (sulfide) groups is 1. The number of benzene rings is 1. The van der Waals surface area contributed by atoms with E-state index in [1.165, 1.54) is 6.42 Å². The topological polar surface area (TPSA) is 102 Å². The molecule has 2 aliphatic heterocycles. The molecule has 1 aromatic heterocycles. The summed E-state index contributed by atoms with van der Waals surface area (Å²) in [7, 11) is 0. The number of nitrogens with zero attached hydrogens (tertiary/aromatic N) is 3. The van der Waals surface area contributed by atoms with Gasteiger partial charge in [-0.2, -0.15) is 10.2 Å². The second-order valence-corrected chi connectivity index (χ2v) is 7.93. The second-order valence-electron chi connectivity index (χ2n) is 7.05. The molecule has 144 valence electrons. The molecule has 2 N–H and O–H groups in total. The van der Waals surface area contributed by atoms with Crippen molar-refractivity contribution in [1.29, 1.82) is 5.26 Å². The number of nitriles is 1. The summed E-state index contributed by atoms with van der Waals surface area (Å²) in [6, 6.07) is 9.69. The number of hydrogen-bond donors (Lipinski definition) is 2. The van der Waals surface area contributed by atoms with Crippen LogP contribution in [0.3, 0.4) is 0 Å². The molecule has 1 aromatic carbocycles. The fraction of sp³-hybridized carbons (Fsp3) is 0.400. The van der Waals surface area contributed by atoms with E-state index < -0.39 is 17.7 Å². The molecule has 2 atom stereocenters. The zero-order valence-corrected chi connectivity index (χ0v) is 16.4. The normalized spacial score (nSPS) is 21.6. The Morgan fingerprint density at radius 1 is 1.18 bits per heavy atom. The van der Waals surface area contributed by atoms with Gasteiger partial charge in [-0.05, 0) is 43.2 Å². The lowest BCUT2D eigenvalue weighted by molar-refractivity contribution is -0.119. The van der Waals surface area contributed by atoms with Gasteiger partial charge in [0.1, 0.15) is 11.7 Å². The summed E-state index contributed by atoms with van der Waals surface area (Å²) in [4.78, 5) is 36.2. The predicted octanol–water partition coefficient (Wildman–Crippen LogP) is 2.71. The zero-order chi connectivity index (χ0) is 19.7. The van der Waals surface area contributed by atoms with Gasteiger partial charge in [-0.15, -0.1) is 11.8 Å². The highest BCUT2D eigenvalue weighted by molar-refractivity contribution is 7.98. The minimum Gasteiger partial charge on any atom is -0.342 e. The largest absolute Gasteiger partial charge is 0.342 e. The van der Waals surface area contributed by atoms with Gasteiger partial charge >= 0.3 is 0 Å². The lowest BCUT2D eigenvalue weighted by Crippen LogP contribution is -2.40. The van der Waals surface area contributed by atoms with Gasteiger partial charge in [-0.1, -0.05) is 12.1 Å². The highest BCUT2D eigenvalue weighted by Gasteiger charge is 2.40. The molecule has 3 heterocycles. The van der Waals surface area contributed by atoms with Crippen LogP contribution >= 0.6 is 11.8 Å². The number of anilines is 2. The lowest BCUT2D eigenvalue weighted by atomic mass is 9.79. The van der Waals surface area contributed by atoms with Crippen LogP contribution in [0.2, 0.25) is 0 Å². The number of nitrogens with one attached hydrogen (secondary N) is 2. The number of fused-ring (bicyclic) bond motifs is 1. The first-order chi connectivity index (χ1) is 13.6. The number of carbonyl (C=O) groups is 1. The van der Waals surface area contributed by atoms with Crippen LogP contribution in [0.1, 0.15) is 36.3 Å². The van der Waals surface area contributed by atoms with Crippen molar-refractivity contribution in [3.05, 3.63) is 45.7 Å². The highest BCUT2D eigenvalue weighted by atomic mass is 32.2. The van der Waals surface area contributed by atoms with Gasteiger partial charge < -0.3 is 10.2 Å². The number of amides is 1. The van der Waals surface area contributed by atoms with Crippen LogP contribution in [0.15, 0.2) is 34.0 Å². The summed E-state index contributed by atoms with van der Waals surface area (Å²) in [5, 5.41) is 12.3. The summed E-state index contributed by atoms with van der Waals surface area (Å²) in [6.07, 6.45) is 5.25. The van der Waals surface area contributed by atoms with Crippen molar-refractivity contribution < 1.29 is 4.79 Å². The van der Waals surface area contributed by atoms with Crippen LogP contribution in [0.5, 0.6) is 0 Å². The van der Waals surface area contributed by atoms with Crippen molar-refractivity contribution in [2.24, 2.45) is 5.92 Å². The highest BCUT2D eigenvalue weighted by Crippen LogP contribution is 2.38. The summed E-state index contributed by atoms with van der Waals surface area (Å²) >= 11 is 1.61. The molecule has 8 heteroatoms. The molecule has 0 unspecified atom stereocenters. The molecule has 0 aliphatic carbocycles. The third-order valence-electron chi connectivity index (χ3n) is 5.38. The van der Waals surface area contributed by atoms with E-state index in [0.717, 1.165) is 36.4 Å². The fourth-order valence-corrected chi connectivity index (χ4v) is 4.33. The van der Waals surface area contributed by atoms with E-state index in [9.17, 15) is 14.9 Å². The van der Waals surface area contributed by atoms with Crippen molar-refractivity contribution in [1.82, 2.24) is 9.97 Å². The molecule has 1 saturated heterocycles. The predicted molar refractivity (Wildman–Crippen MR) is 109 cm³/mol. The van der Waals surface area contributed by atoms with Gasteiger partial charge in [0.15, 0.2) is 0 Å². The van der Waals surface area contributed by atoms with Crippen LogP contribution in [-0.2, 0) is 4.79 Å². The minimum atomic E-state index is -0.976. The molecule has 2 aliphatic rings. The van der Waals surface area contributed by atoms with Crippen molar-refractivity contribution in [3.8, 4) is 6.07 Å². The average Bonchev–Trinajstić information content (AvgIpc) is 2.73. The summed E-state index contributed by atoms with van der Waals surface area (Å²) < 4.78 is 0. The maximum absolute atomic E-state index is 13.0. The number of aromatic nitrogens is 2. The fourth-order valence-electron chi connectivity index (χ4n) is 3.93. The molecule has 1 fully saturated rings. The molecular formula is C20H21N5O2S. The van der Waals surface area contributed by atoms with E-state index in [1.807, 2.05) is 35.4 Å². The van der Waals surface area contributed by atoms with Gasteiger partial charge in [0.05, 0.1) is 11.6 Å². The molecule has 7 nitrogen and oxygen atoms in total. The third kappa shape index (κ3) is 3.27. The number of aromatic amines is 1. The number of rotatable bonds is 3. The molecule has 1 amide bonds. The van der Waals surface area contributed by atoms with Crippen LogP contribution < -0.4 is 15.8 Å². The zero-order valence-electron chi connectivity index (χ0n) is 15.6. The van der Waals surface area contributed by atoms with Gasteiger partial charge in [0.2, 0.25) is 11.9 Å². The van der Waals surface area contributed by atoms with Crippen LogP contribution in [-0.4, -0.2) is 35.2 Å². The second kappa shape index (κ2) is 7.68. The standard InChI is InChI=1S/C20H21N5O2S/c1-28-13-7-5-12(6-8-13)15-14(11-21)18(26)22-17-16(15)19(27)24-20(23-17)25-9-3-2-4-10-25/h5-8,14-15H,2-4,9-10H2,1H3,(H2,22,23,24,26,27)/t14-,15+/m1/s1. The molecular weight excluding hydrogens is 374 g/mol. The van der Waals surface area contributed by atoms with Gasteiger partial charge in [0, 0.05) is 23.9 Å². The minimum absolute atomic E-state index is 0.264. The Labute approximate surface area is 167 Å². The van der Waals surface area contributed by atoms with Gasteiger partial charge in [0.25, 0.3) is 5.56 Å². The molecule has 0 bridgehead atoms. The Kier molecular flexibility index (Phi) is 5.09. The molecule has 0 saturated carbocycles. The Balaban J connectivity index is 1.81. The van der Waals surface area contributed by atoms with Crippen molar-refractivity contribution in [2.75, 3.05) is 29.6 Å². The molecule has 28 heavy (non-hydrogen) atoms. The van der Waals surface area contributed by atoms with Crippen molar-refractivity contribution in [2.45, 2.75) is 30.1 Å². The van der Waals surface area contributed by atoms with Crippen molar-refractivity contribution in [3.63, 3.8) is 0 Å². The van der Waals surface area contributed by atoms with E-state index >= 15 is 0 Å². The summed E-state index contributed by atoms with van der Waals surface area (Å²) in [6.45, 7) is 1.66. The Hall–Kier alpha value is -2.79. The molecule has 0 spiro atoms. The first-order valence-electron chi connectivity index (χ1n) is 9.36. The lowest BCUT2D eigenvalue weighted by Gasteiger charge is -2.31. The number of carbonyl (C=O) groups excluding carboxylic acids is 1. The van der Waals surface area contributed by atoms with E-state index in [-0.39, 0.29) is 11.4 Å². The molecule has 2 aromatic rings. The molecule has 4 rings (SSSR count). The number of hydrogen-bond acceptors (Lipinski definition) is 6. The number of piperidine rings is 1. The van der Waals surface area contributed by atoms with Crippen molar-refractivity contribution >= 4 is 29.4 Å². The summed E-state index contributed by atoms with van der Waals surface area (Å²) in [5.41, 5.74) is 0.812. The van der Waals surface area contributed by atoms with Crippen LogP contribution in [0.4, 0.5) is 11.8 Å². The quantitative estimate of drug-likeness (QED) is 0.775. The van der Waals surface area contributed by atoms with Gasteiger partial charge in [-0.3, -0.25) is 14.6 Å². The van der Waals surface area contributed by atoms with E-state index in [4.69, 9.17) is 0 Å². The summed E-state index contributed by atoms with van der Waals surface area (Å²) in [5.74, 6) is -1.29. The van der Waals surface area contributed by atoms with E-state index in [2.05, 4.69) is 21.4 Å². The van der Waals surface area contributed by atoms with Gasteiger partial charge in [-0.25, -0.2) is 0 Å². The Morgan fingerprint density at radius 3 is 2.54 bits per heavy atom. The smallest absolute Gasteiger partial charge is 0.258 e. The third-order valence-corrected chi connectivity index (χ3v) is 6.12. The first kappa shape index (κ1) is 18.6. The number of H-pyrrole nitrogens is 1. The van der Waals surface area contributed by atoms with Crippen LogP contribution in [0.25, 0.3) is 0 Å². The maximum atomic E-state index is 13.0. The first-order valence-corrected chi connectivity index (χ1v) is 10.6. The Bertz CT molecular complexity index is 989. The SMILES string of the molecule is CSc1ccc([C@@H]2c3c(nc(N4CCCCC4)[nH]c3=O)NC(=O)[C@@H]2C#N)cc1. The van der Waals surface area contributed by atoms with E-state index in [0.29, 0.717) is 11.5 Å².